The molecule has 1 spiro atoms. The third-order valence-corrected chi connectivity index (χ3v) is 8.31. The van der Waals surface area contributed by atoms with Crippen LogP contribution >= 0.6 is 23.4 Å². The SMILES string of the molecule is COc1ccccc1CCNC(=O)C1CSC2(CCN(C(=O)c3ccc([N+](=O)[O-])cc3Cl)CC2)N1. The first kappa shape index (κ1) is 25.3. The van der Waals surface area contributed by atoms with Crippen molar-refractivity contribution in [2.24, 2.45) is 0 Å². The van der Waals surface area contributed by atoms with E-state index in [1.807, 2.05) is 24.3 Å². The molecule has 2 saturated heterocycles. The molecule has 35 heavy (non-hydrogen) atoms. The van der Waals surface area contributed by atoms with Crippen LogP contribution in [0.3, 0.4) is 0 Å². The summed E-state index contributed by atoms with van der Waals surface area (Å²) in [5, 5.41) is 17.5. The summed E-state index contributed by atoms with van der Waals surface area (Å²) < 4.78 is 5.36. The second kappa shape index (κ2) is 10.8. The highest BCUT2D eigenvalue weighted by molar-refractivity contribution is 8.01. The number of piperidine rings is 1. The van der Waals surface area contributed by atoms with Gasteiger partial charge in [-0.1, -0.05) is 29.8 Å². The molecule has 2 aromatic rings. The molecule has 186 valence electrons. The van der Waals surface area contributed by atoms with Crippen molar-refractivity contribution in [2.45, 2.75) is 30.2 Å². The average molecular weight is 519 g/mol. The van der Waals surface area contributed by atoms with Gasteiger partial charge in [0.25, 0.3) is 11.6 Å². The van der Waals surface area contributed by atoms with E-state index >= 15 is 0 Å². The van der Waals surface area contributed by atoms with Gasteiger partial charge in [0.1, 0.15) is 5.75 Å². The molecule has 2 N–H and O–H groups in total. The Morgan fingerprint density at radius 1 is 1.29 bits per heavy atom. The van der Waals surface area contributed by atoms with E-state index in [2.05, 4.69) is 10.6 Å². The van der Waals surface area contributed by atoms with Crippen molar-refractivity contribution < 1.29 is 19.2 Å². The number of carbonyl (C=O) groups is 2. The lowest BCUT2D eigenvalue weighted by Gasteiger charge is -2.39. The monoisotopic (exact) mass is 518 g/mol. The Bertz CT molecular complexity index is 1120. The van der Waals surface area contributed by atoms with E-state index in [9.17, 15) is 19.7 Å². The lowest BCUT2D eigenvalue weighted by Crippen LogP contribution is -2.54. The van der Waals surface area contributed by atoms with E-state index in [4.69, 9.17) is 16.3 Å². The maximum absolute atomic E-state index is 12.9. The number of likely N-dealkylation sites (tertiary alicyclic amines) is 1. The maximum Gasteiger partial charge on any atom is 0.270 e. The van der Waals surface area contributed by atoms with E-state index in [-0.39, 0.29) is 39.0 Å². The van der Waals surface area contributed by atoms with Gasteiger partial charge in [-0.25, -0.2) is 0 Å². The summed E-state index contributed by atoms with van der Waals surface area (Å²) in [7, 11) is 1.63. The maximum atomic E-state index is 12.9. The number of amides is 2. The van der Waals surface area contributed by atoms with Crippen molar-refractivity contribution in [3.8, 4) is 5.75 Å². The highest BCUT2D eigenvalue weighted by atomic mass is 35.5. The number of thioether (sulfide) groups is 1. The quantitative estimate of drug-likeness (QED) is 0.427. The first-order valence-electron chi connectivity index (χ1n) is 11.4. The smallest absolute Gasteiger partial charge is 0.270 e. The van der Waals surface area contributed by atoms with E-state index < -0.39 is 4.92 Å². The van der Waals surface area contributed by atoms with Gasteiger partial charge in [-0.2, -0.15) is 0 Å². The van der Waals surface area contributed by atoms with Crippen LogP contribution in [0.4, 0.5) is 5.69 Å². The minimum atomic E-state index is -0.543. The number of hydrogen-bond donors (Lipinski definition) is 2. The van der Waals surface area contributed by atoms with Crippen LogP contribution in [0.1, 0.15) is 28.8 Å². The molecule has 1 unspecified atom stereocenters. The first-order valence-corrected chi connectivity index (χ1v) is 12.7. The molecule has 0 radical (unpaired) electrons. The van der Waals surface area contributed by atoms with E-state index in [0.717, 1.165) is 11.3 Å². The third kappa shape index (κ3) is 5.71. The zero-order chi connectivity index (χ0) is 25.0. The summed E-state index contributed by atoms with van der Waals surface area (Å²) in [5.41, 5.74) is 1.15. The van der Waals surface area contributed by atoms with Gasteiger partial charge in [0, 0.05) is 37.5 Å². The van der Waals surface area contributed by atoms with Crippen molar-refractivity contribution in [1.29, 1.82) is 0 Å². The highest BCUT2D eigenvalue weighted by Gasteiger charge is 2.44. The molecular weight excluding hydrogens is 492 g/mol. The number of halogens is 1. The number of non-ortho nitro benzene ring substituents is 1. The van der Waals surface area contributed by atoms with Crippen LogP contribution in [0.5, 0.6) is 5.75 Å². The topological polar surface area (TPSA) is 114 Å². The van der Waals surface area contributed by atoms with Gasteiger partial charge >= 0.3 is 0 Å². The van der Waals surface area contributed by atoms with Crippen LogP contribution in [-0.4, -0.2) is 65.0 Å². The van der Waals surface area contributed by atoms with Crippen molar-refractivity contribution >= 4 is 40.9 Å². The molecule has 2 aliphatic rings. The molecule has 1 atom stereocenters. The van der Waals surface area contributed by atoms with Gasteiger partial charge in [-0.05, 0) is 37.0 Å². The average Bonchev–Trinajstić information content (AvgIpc) is 3.27. The number of methoxy groups -OCH3 is 1. The molecule has 9 nitrogen and oxygen atoms in total. The van der Waals surface area contributed by atoms with Crippen LogP contribution in [0, 0.1) is 10.1 Å². The number of benzene rings is 2. The zero-order valence-corrected chi connectivity index (χ0v) is 20.9. The Morgan fingerprint density at radius 2 is 2.03 bits per heavy atom. The number of nitrogens with zero attached hydrogens (tertiary/aromatic N) is 2. The molecule has 11 heteroatoms. The summed E-state index contributed by atoms with van der Waals surface area (Å²) >= 11 is 7.86. The molecule has 2 fully saturated rings. The zero-order valence-electron chi connectivity index (χ0n) is 19.3. The predicted molar refractivity (Wildman–Crippen MR) is 135 cm³/mol. The Morgan fingerprint density at radius 3 is 2.71 bits per heavy atom. The Labute approximate surface area is 212 Å². The molecule has 0 aromatic heterocycles. The van der Waals surface area contributed by atoms with Gasteiger partial charge in [0.2, 0.25) is 5.91 Å². The number of rotatable bonds is 7. The van der Waals surface area contributed by atoms with Gasteiger partial charge in [0.15, 0.2) is 0 Å². The molecule has 2 amide bonds. The Kier molecular flexibility index (Phi) is 7.83. The second-order valence-electron chi connectivity index (χ2n) is 8.57. The minimum Gasteiger partial charge on any atom is -0.496 e. The normalized spacial score (nSPS) is 18.9. The Balaban J connectivity index is 1.27. The predicted octanol–water partition coefficient (Wildman–Crippen LogP) is 3.25. The van der Waals surface area contributed by atoms with Crippen molar-refractivity contribution in [3.05, 3.63) is 68.7 Å². The van der Waals surface area contributed by atoms with Gasteiger partial charge < -0.3 is 15.0 Å². The molecule has 0 aliphatic carbocycles. The minimum absolute atomic E-state index is 0.0274. The van der Waals surface area contributed by atoms with Crippen LogP contribution in [0.2, 0.25) is 5.02 Å². The largest absolute Gasteiger partial charge is 0.496 e. The molecular formula is C24H27ClN4O5S. The number of nitro benzene ring substituents is 1. The number of carbonyl (C=O) groups excluding carboxylic acids is 2. The molecule has 0 bridgehead atoms. The number of para-hydroxylation sites is 1. The van der Waals surface area contributed by atoms with Crippen LogP contribution < -0.4 is 15.4 Å². The van der Waals surface area contributed by atoms with Gasteiger partial charge in [0.05, 0.1) is 33.5 Å². The summed E-state index contributed by atoms with van der Waals surface area (Å²) in [6, 6.07) is 11.4. The van der Waals surface area contributed by atoms with Crippen LogP contribution in [0.25, 0.3) is 0 Å². The summed E-state index contributed by atoms with van der Waals surface area (Å²) in [6.07, 6.45) is 2.07. The molecule has 2 aliphatic heterocycles. The molecule has 2 aromatic carbocycles. The van der Waals surface area contributed by atoms with Gasteiger partial charge in [-0.15, -0.1) is 11.8 Å². The molecule has 4 rings (SSSR count). The fourth-order valence-electron chi connectivity index (χ4n) is 4.46. The fraction of sp³-hybridized carbons (Fsp3) is 0.417. The van der Waals surface area contributed by atoms with Crippen LogP contribution in [-0.2, 0) is 11.2 Å². The number of nitrogens with one attached hydrogen (secondary N) is 2. The van der Waals surface area contributed by atoms with E-state index in [1.54, 1.807) is 23.8 Å². The van der Waals surface area contributed by atoms with Crippen molar-refractivity contribution in [2.75, 3.05) is 32.5 Å². The number of ether oxygens (including phenoxy) is 1. The summed E-state index contributed by atoms with van der Waals surface area (Å²) in [4.78, 5) is 37.5. The molecule has 0 saturated carbocycles. The lowest BCUT2D eigenvalue weighted by molar-refractivity contribution is -0.384. The van der Waals surface area contributed by atoms with E-state index in [1.165, 1.54) is 18.2 Å². The van der Waals surface area contributed by atoms with Crippen molar-refractivity contribution in [3.63, 3.8) is 0 Å². The second-order valence-corrected chi connectivity index (χ2v) is 10.4. The Hall–Kier alpha value is -2.82. The third-order valence-electron chi connectivity index (χ3n) is 6.42. The first-order chi connectivity index (χ1) is 16.8. The lowest BCUT2D eigenvalue weighted by atomic mass is 10.0. The summed E-state index contributed by atoms with van der Waals surface area (Å²) in [6.45, 7) is 1.54. The van der Waals surface area contributed by atoms with Gasteiger partial charge in [-0.3, -0.25) is 25.0 Å². The molecule has 2 heterocycles. The highest BCUT2D eigenvalue weighted by Crippen LogP contribution is 2.39. The van der Waals surface area contributed by atoms with Crippen LogP contribution in [0.15, 0.2) is 42.5 Å². The number of nitro groups is 1. The standard InChI is InChI=1S/C24H27ClN4O5S/c1-34-21-5-3-2-4-16(21)8-11-26-22(30)20-15-35-24(27-20)9-12-28(13-10-24)23(31)18-7-6-17(29(32)33)14-19(18)25/h2-7,14,20,27H,8-13,15H2,1H3,(H,26,30). The fourth-order valence-corrected chi connectivity index (χ4v) is 6.13. The summed E-state index contributed by atoms with van der Waals surface area (Å²) in [5.74, 6) is 1.21. The van der Waals surface area contributed by atoms with E-state index in [0.29, 0.717) is 44.6 Å². The van der Waals surface area contributed by atoms with Crippen molar-refractivity contribution in [1.82, 2.24) is 15.5 Å². The number of hydrogen-bond acceptors (Lipinski definition) is 7.